The number of pyridine rings is 1. The Kier molecular flexibility index (Phi) is 5.22. The van der Waals surface area contributed by atoms with Crippen LogP contribution in [0.2, 0.25) is 18.1 Å². The van der Waals surface area contributed by atoms with Crippen LogP contribution in [-0.4, -0.2) is 19.6 Å². The largest absolute Gasteiger partial charge is 0.410 e. The lowest BCUT2D eigenvalue weighted by molar-refractivity contribution is 0.0296. The molecule has 1 saturated carbocycles. The second-order valence-electron chi connectivity index (χ2n) is 10.8. The van der Waals surface area contributed by atoms with E-state index in [9.17, 15) is 4.79 Å². The fourth-order valence-corrected chi connectivity index (χ4v) is 5.85. The molecule has 1 aromatic heterocycles. The van der Waals surface area contributed by atoms with Gasteiger partial charge in [-0.1, -0.05) is 41.0 Å². The van der Waals surface area contributed by atoms with Crippen molar-refractivity contribution in [1.82, 2.24) is 4.98 Å². The van der Waals surface area contributed by atoms with Crippen LogP contribution < -0.4 is 0 Å². The van der Waals surface area contributed by atoms with Gasteiger partial charge >= 0.3 is 0 Å². The monoisotopic (exact) mass is 387 g/mol. The van der Waals surface area contributed by atoms with Crippen molar-refractivity contribution < 1.29 is 9.22 Å². The molecule has 1 unspecified atom stereocenters. The van der Waals surface area contributed by atoms with E-state index in [0.717, 1.165) is 35.9 Å². The van der Waals surface area contributed by atoms with Crippen molar-refractivity contribution in [2.75, 3.05) is 0 Å². The summed E-state index contributed by atoms with van der Waals surface area (Å²) < 4.78 is 6.96. The zero-order chi connectivity index (χ0) is 20.2. The van der Waals surface area contributed by atoms with Crippen molar-refractivity contribution in [2.45, 2.75) is 104 Å². The van der Waals surface area contributed by atoms with Gasteiger partial charge in [-0.05, 0) is 67.6 Å². The Labute approximate surface area is 166 Å². The highest BCUT2D eigenvalue weighted by atomic mass is 28.4. The molecule has 0 aromatic carbocycles. The number of aromatic nitrogens is 1. The summed E-state index contributed by atoms with van der Waals surface area (Å²) >= 11 is 0. The van der Waals surface area contributed by atoms with E-state index in [-0.39, 0.29) is 17.1 Å². The molecule has 0 bridgehead atoms. The molecule has 1 heterocycles. The van der Waals surface area contributed by atoms with Crippen molar-refractivity contribution in [2.24, 2.45) is 5.41 Å². The summed E-state index contributed by atoms with van der Waals surface area (Å²) in [6.07, 6.45) is 7.14. The first-order valence-electron chi connectivity index (χ1n) is 10.6. The van der Waals surface area contributed by atoms with Gasteiger partial charge < -0.3 is 4.43 Å². The highest BCUT2D eigenvalue weighted by Crippen LogP contribution is 2.56. The summed E-state index contributed by atoms with van der Waals surface area (Å²) in [5.41, 5.74) is 5.66. The van der Waals surface area contributed by atoms with Gasteiger partial charge in [0, 0.05) is 16.8 Å². The van der Waals surface area contributed by atoms with Gasteiger partial charge in [-0.3, -0.25) is 9.78 Å². The number of carbonyl (C=O) groups is 1. The second-order valence-corrected chi connectivity index (χ2v) is 15.5. The standard InChI is InChI=1S/C23H37NO2Si/c1-15(2)21-17(14-25)16(3)20-18(24-21)12-23(10-9-11-23)13-19(20)26-27(7,8)22(4,5)6/h14-15,19H,9-13H2,1-8H3. The lowest BCUT2D eigenvalue weighted by Crippen LogP contribution is -2.46. The van der Waals surface area contributed by atoms with Gasteiger partial charge in [0.1, 0.15) is 0 Å². The lowest BCUT2D eigenvalue weighted by atomic mass is 9.59. The van der Waals surface area contributed by atoms with E-state index in [0.29, 0.717) is 5.41 Å². The van der Waals surface area contributed by atoms with Crippen LogP contribution in [0.5, 0.6) is 0 Å². The normalized spacial score (nSPS) is 21.9. The molecule has 0 radical (unpaired) electrons. The molecule has 1 aromatic rings. The third-order valence-electron chi connectivity index (χ3n) is 7.46. The number of carbonyl (C=O) groups excluding carboxylic acids is 1. The number of fused-ring (bicyclic) bond motifs is 1. The van der Waals surface area contributed by atoms with Gasteiger partial charge in [-0.2, -0.15) is 0 Å². The molecule has 0 N–H and O–H groups in total. The van der Waals surface area contributed by atoms with Crippen molar-refractivity contribution in [3.05, 3.63) is 28.1 Å². The number of nitrogens with zero attached hydrogens (tertiary/aromatic N) is 1. The molecule has 1 spiro atoms. The predicted molar refractivity (Wildman–Crippen MR) is 114 cm³/mol. The quantitative estimate of drug-likeness (QED) is 0.437. The first-order valence-corrected chi connectivity index (χ1v) is 13.5. The third kappa shape index (κ3) is 3.55. The molecule has 1 fully saturated rings. The minimum atomic E-state index is -1.91. The molecule has 27 heavy (non-hydrogen) atoms. The van der Waals surface area contributed by atoms with Crippen LogP contribution in [-0.2, 0) is 10.8 Å². The first-order chi connectivity index (χ1) is 12.4. The van der Waals surface area contributed by atoms with Gasteiger partial charge in [0.05, 0.1) is 11.8 Å². The smallest absolute Gasteiger partial charge is 0.192 e. The topological polar surface area (TPSA) is 39.2 Å². The van der Waals surface area contributed by atoms with Crippen LogP contribution in [0, 0.1) is 12.3 Å². The number of hydrogen-bond acceptors (Lipinski definition) is 3. The number of hydrogen-bond donors (Lipinski definition) is 0. The highest BCUT2D eigenvalue weighted by molar-refractivity contribution is 6.74. The fraction of sp³-hybridized carbons (Fsp3) is 0.739. The zero-order valence-electron chi connectivity index (χ0n) is 18.5. The van der Waals surface area contributed by atoms with Crippen LogP contribution in [0.15, 0.2) is 0 Å². The molecule has 3 rings (SSSR count). The SMILES string of the molecule is Cc1c(C=O)c(C(C)C)nc2c1C(O[Si](C)(C)C(C)(C)C)CC1(CCC1)C2. The predicted octanol–water partition coefficient (Wildman–Crippen LogP) is 6.51. The molecule has 3 nitrogen and oxygen atoms in total. The first kappa shape index (κ1) is 20.7. The van der Waals surface area contributed by atoms with Gasteiger partial charge in [0.15, 0.2) is 14.6 Å². The number of aldehydes is 1. The molecule has 0 saturated heterocycles. The molecule has 2 aliphatic carbocycles. The molecular formula is C23H37NO2Si. The van der Waals surface area contributed by atoms with Crippen LogP contribution in [0.1, 0.15) is 105 Å². The van der Waals surface area contributed by atoms with Crippen molar-refractivity contribution in [3.8, 4) is 0 Å². The lowest BCUT2D eigenvalue weighted by Gasteiger charge is -2.50. The maximum Gasteiger partial charge on any atom is 0.192 e. The second kappa shape index (κ2) is 6.80. The molecular weight excluding hydrogens is 350 g/mol. The Hall–Kier alpha value is -1.00. The Morgan fingerprint density at radius 1 is 1.26 bits per heavy atom. The molecule has 150 valence electrons. The minimum absolute atomic E-state index is 0.0855. The molecule has 1 atom stereocenters. The summed E-state index contributed by atoms with van der Waals surface area (Å²) in [4.78, 5) is 17.0. The Morgan fingerprint density at radius 2 is 1.89 bits per heavy atom. The fourth-order valence-electron chi connectivity index (χ4n) is 4.58. The summed E-state index contributed by atoms with van der Waals surface area (Å²) in [5.74, 6) is 0.258. The van der Waals surface area contributed by atoms with E-state index >= 15 is 0 Å². The van der Waals surface area contributed by atoms with Gasteiger partial charge in [-0.15, -0.1) is 0 Å². The van der Waals surface area contributed by atoms with Crippen LogP contribution in [0.3, 0.4) is 0 Å². The average Bonchev–Trinajstić information content (AvgIpc) is 2.50. The van der Waals surface area contributed by atoms with Gasteiger partial charge in [0.25, 0.3) is 0 Å². The van der Waals surface area contributed by atoms with E-state index in [2.05, 4.69) is 54.6 Å². The van der Waals surface area contributed by atoms with Crippen LogP contribution >= 0.6 is 0 Å². The average molecular weight is 388 g/mol. The van der Waals surface area contributed by atoms with E-state index in [1.54, 1.807) is 0 Å². The molecule has 0 aliphatic heterocycles. The third-order valence-corrected chi connectivity index (χ3v) is 11.9. The van der Waals surface area contributed by atoms with Crippen LogP contribution in [0.25, 0.3) is 0 Å². The van der Waals surface area contributed by atoms with Gasteiger partial charge in [0.2, 0.25) is 0 Å². The zero-order valence-corrected chi connectivity index (χ0v) is 19.5. The Balaban J connectivity index is 2.13. The van der Waals surface area contributed by atoms with E-state index in [1.807, 2.05) is 0 Å². The van der Waals surface area contributed by atoms with Gasteiger partial charge in [-0.25, -0.2) is 0 Å². The van der Waals surface area contributed by atoms with Crippen molar-refractivity contribution >= 4 is 14.6 Å². The molecule has 0 amide bonds. The Morgan fingerprint density at radius 3 is 2.33 bits per heavy atom. The van der Waals surface area contributed by atoms with E-state index in [1.165, 1.54) is 30.5 Å². The summed E-state index contributed by atoms with van der Waals surface area (Å²) in [6.45, 7) is 17.9. The summed E-state index contributed by atoms with van der Waals surface area (Å²) in [7, 11) is -1.91. The summed E-state index contributed by atoms with van der Waals surface area (Å²) in [6, 6.07) is 0. The van der Waals surface area contributed by atoms with E-state index < -0.39 is 8.32 Å². The van der Waals surface area contributed by atoms with Crippen LogP contribution in [0.4, 0.5) is 0 Å². The number of rotatable bonds is 4. The Bertz CT molecular complexity index is 742. The maximum absolute atomic E-state index is 11.9. The van der Waals surface area contributed by atoms with Crippen molar-refractivity contribution in [3.63, 3.8) is 0 Å². The van der Waals surface area contributed by atoms with Crippen molar-refractivity contribution in [1.29, 1.82) is 0 Å². The van der Waals surface area contributed by atoms with E-state index in [4.69, 9.17) is 9.41 Å². The molecule has 2 aliphatic rings. The summed E-state index contributed by atoms with van der Waals surface area (Å²) in [5, 5.41) is 0.171. The molecule has 4 heteroatoms. The highest BCUT2D eigenvalue weighted by Gasteiger charge is 2.48. The maximum atomic E-state index is 11.9. The minimum Gasteiger partial charge on any atom is -0.410 e.